The van der Waals surface area contributed by atoms with Gasteiger partial charge in [-0.3, -0.25) is 0 Å². The smallest absolute Gasteiger partial charge is 0.215 e. The van der Waals surface area contributed by atoms with Gasteiger partial charge in [0.05, 0.1) is 13.0 Å². The molecule has 3 aromatic heterocycles. The Morgan fingerprint density at radius 3 is 2.76 bits per heavy atom. The quantitative estimate of drug-likeness (QED) is 0.678. The summed E-state index contributed by atoms with van der Waals surface area (Å²) in [5.41, 5.74) is 1.62. The third-order valence-electron chi connectivity index (χ3n) is 3.45. The van der Waals surface area contributed by atoms with Gasteiger partial charge in [-0.1, -0.05) is 0 Å². The molecule has 0 atom stereocenters. The Balaban J connectivity index is 1.97. The molecule has 3 heterocycles. The molecule has 0 unspecified atom stereocenters. The molecule has 0 radical (unpaired) electrons. The van der Waals surface area contributed by atoms with E-state index in [0.29, 0.717) is 11.8 Å². The maximum Gasteiger partial charge on any atom is 0.215 e. The number of fused-ring (bicyclic) bond motifs is 1. The van der Waals surface area contributed by atoms with E-state index in [9.17, 15) is 0 Å². The molecule has 0 aliphatic rings. The summed E-state index contributed by atoms with van der Waals surface area (Å²) in [5.74, 6) is 2.74. The zero-order chi connectivity index (χ0) is 14.8. The summed E-state index contributed by atoms with van der Waals surface area (Å²) in [6.45, 7) is 0.726. The molecule has 0 fully saturated rings. The summed E-state index contributed by atoms with van der Waals surface area (Å²) in [6, 6.07) is 3.70. The number of hydrogen-bond acceptors (Lipinski definition) is 4. The molecular weight excluding hydrogens is 290 g/mol. The van der Waals surface area contributed by atoms with Gasteiger partial charge in [0.15, 0.2) is 5.65 Å². The van der Waals surface area contributed by atoms with Gasteiger partial charge in [0.25, 0.3) is 0 Å². The van der Waals surface area contributed by atoms with Crippen molar-refractivity contribution in [3.8, 4) is 5.88 Å². The molecule has 0 N–H and O–H groups in total. The third kappa shape index (κ3) is 2.58. The number of hydrogen-bond donors (Lipinski definition) is 0. The third-order valence-corrected chi connectivity index (χ3v) is 3.69. The van der Waals surface area contributed by atoms with E-state index in [0.717, 1.165) is 35.8 Å². The highest BCUT2D eigenvalue weighted by Crippen LogP contribution is 2.19. The summed E-state index contributed by atoms with van der Waals surface area (Å²) < 4.78 is 9.22. The van der Waals surface area contributed by atoms with Crippen molar-refractivity contribution in [1.82, 2.24) is 24.1 Å². The minimum atomic E-state index is 0.346. The Hall–Kier alpha value is -2.08. The van der Waals surface area contributed by atoms with Crippen LogP contribution < -0.4 is 4.74 Å². The van der Waals surface area contributed by atoms with Crippen LogP contribution in [0.1, 0.15) is 11.6 Å². The van der Waals surface area contributed by atoms with E-state index in [1.54, 1.807) is 19.4 Å². The molecule has 21 heavy (non-hydrogen) atoms. The highest BCUT2D eigenvalue weighted by Gasteiger charge is 2.13. The van der Waals surface area contributed by atoms with Crippen molar-refractivity contribution in [1.29, 1.82) is 0 Å². The Bertz CT molecular complexity index is 764. The number of ether oxygens (including phenoxy) is 1. The van der Waals surface area contributed by atoms with Gasteiger partial charge in [-0.2, -0.15) is 4.98 Å². The van der Waals surface area contributed by atoms with E-state index < -0.39 is 0 Å². The molecule has 0 spiro atoms. The zero-order valence-electron chi connectivity index (χ0n) is 12.0. The first-order chi connectivity index (χ1) is 10.2. The van der Waals surface area contributed by atoms with Crippen molar-refractivity contribution >= 4 is 22.8 Å². The van der Waals surface area contributed by atoms with Crippen molar-refractivity contribution in [2.24, 2.45) is 7.05 Å². The first-order valence-corrected chi connectivity index (χ1v) is 7.18. The number of rotatable bonds is 5. The number of halogens is 1. The average Bonchev–Trinajstić information content (AvgIpc) is 3.07. The number of imidazole rings is 2. The lowest BCUT2D eigenvalue weighted by Gasteiger charge is -2.07. The van der Waals surface area contributed by atoms with Crippen LogP contribution in [-0.2, 0) is 25.9 Å². The molecule has 3 rings (SSSR count). The SMILES string of the molecule is COc1ccc2nc(CCl)n(CCc3nccn3C)c2n1. The first kappa shape index (κ1) is 13.9. The van der Waals surface area contributed by atoms with Crippen molar-refractivity contribution in [3.05, 3.63) is 36.2 Å². The number of aryl methyl sites for hydroxylation is 3. The fourth-order valence-electron chi connectivity index (χ4n) is 2.33. The van der Waals surface area contributed by atoms with Crippen LogP contribution in [0.5, 0.6) is 5.88 Å². The van der Waals surface area contributed by atoms with Crippen LogP contribution in [0.3, 0.4) is 0 Å². The fourth-order valence-corrected chi connectivity index (χ4v) is 2.54. The van der Waals surface area contributed by atoms with Crippen molar-refractivity contribution in [2.45, 2.75) is 18.8 Å². The number of methoxy groups -OCH3 is 1. The summed E-state index contributed by atoms with van der Waals surface area (Å²) in [5, 5.41) is 0. The Morgan fingerprint density at radius 2 is 2.10 bits per heavy atom. The second-order valence-electron chi connectivity index (χ2n) is 4.71. The van der Waals surface area contributed by atoms with E-state index >= 15 is 0 Å². The van der Waals surface area contributed by atoms with Crippen LogP contribution in [0.15, 0.2) is 24.5 Å². The molecular formula is C14H16ClN5O. The topological polar surface area (TPSA) is 57.8 Å². The molecule has 0 bridgehead atoms. The van der Waals surface area contributed by atoms with E-state index in [4.69, 9.17) is 16.3 Å². The van der Waals surface area contributed by atoms with Gasteiger partial charge in [-0.05, 0) is 6.07 Å². The number of aromatic nitrogens is 5. The molecule has 3 aromatic rings. The standard InChI is InChI=1S/C14H16ClN5O/c1-19-8-6-16-11(19)5-7-20-12(9-15)17-10-3-4-13(21-2)18-14(10)20/h3-4,6,8H,5,7,9H2,1-2H3. The normalized spacial score (nSPS) is 11.2. The predicted molar refractivity (Wildman–Crippen MR) is 80.5 cm³/mol. The summed E-state index contributed by atoms with van der Waals surface area (Å²) in [6.07, 6.45) is 4.52. The van der Waals surface area contributed by atoms with Gasteiger partial charge < -0.3 is 13.9 Å². The van der Waals surface area contributed by atoms with Gasteiger partial charge in [-0.25, -0.2) is 9.97 Å². The maximum atomic E-state index is 6.01. The Morgan fingerprint density at radius 1 is 1.24 bits per heavy atom. The lowest BCUT2D eigenvalue weighted by atomic mass is 10.3. The van der Waals surface area contributed by atoms with Crippen LogP contribution in [0, 0.1) is 0 Å². The molecule has 110 valence electrons. The van der Waals surface area contributed by atoms with Gasteiger partial charge in [0, 0.05) is 38.5 Å². The second kappa shape index (κ2) is 5.73. The van der Waals surface area contributed by atoms with E-state index in [-0.39, 0.29) is 0 Å². The summed E-state index contributed by atoms with van der Waals surface area (Å²) in [4.78, 5) is 13.3. The molecule has 0 saturated heterocycles. The van der Waals surface area contributed by atoms with Crippen molar-refractivity contribution in [2.75, 3.05) is 7.11 Å². The van der Waals surface area contributed by atoms with Crippen LogP contribution >= 0.6 is 11.6 Å². The van der Waals surface area contributed by atoms with Crippen LogP contribution in [0.2, 0.25) is 0 Å². The zero-order valence-corrected chi connectivity index (χ0v) is 12.7. The van der Waals surface area contributed by atoms with Crippen molar-refractivity contribution < 1.29 is 4.74 Å². The molecule has 0 saturated carbocycles. The maximum absolute atomic E-state index is 6.01. The average molecular weight is 306 g/mol. The van der Waals surface area contributed by atoms with Gasteiger partial charge in [0.2, 0.25) is 5.88 Å². The molecule has 0 aromatic carbocycles. The highest BCUT2D eigenvalue weighted by molar-refractivity contribution is 6.16. The molecule has 7 heteroatoms. The number of alkyl halides is 1. The monoisotopic (exact) mass is 305 g/mol. The predicted octanol–water partition coefficient (Wildman–Crippen LogP) is 2.15. The summed E-state index contributed by atoms with van der Waals surface area (Å²) in [7, 11) is 3.59. The minimum absolute atomic E-state index is 0.346. The molecule has 6 nitrogen and oxygen atoms in total. The lowest BCUT2D eigenvalue weighted by molar-refractivity contribution is 0.399. The lowest BCUT2D eigenvalue weighted by Crippen LogP contribution is -2.09. The van der Waals surface area contributed by atoms with E-state index in [2.05, 4.69) is 15.0 Å². The summed E-state index contributed by atoms with van der Waals surface area (Å²) >= 11 is 6.01. The Labute approximate surface area is 127 Å². The minimum Gasteiger partial charge on any atom is -0.481 e. The van der Waals surface area contributed by atoms with Crippen LogP contribution in [-0.4, -0.2) is 31.2 Å². The second-order valence-corrected chi connectivity index (χ2v) is 4.98. The molecule has 0 aliphatic heterocycles. The molecule has 0 aliphatic carbocycles. The number of nitrogens with zero attached hydrogens (tertiary/aromatic N) is 5. The highest BCUT2D eigenvalue weighted by atomic mass is 35.5. The Kier molecular flexibility index (Phi) is 3.79. The van der Waals surface area contributed by atoms with E-state index in [1.807, 2.05) is 28.4 Å². The van der Waals surface area contributed by atoms with Gasteiger partial charge >= 0.3 is 0 Å². The van der Waals surface area contributed by atoms with Crippen LogP contribution in [0.25, 0.3) is 11.2 Å². The first-order valence-electron chi connectivity index (χ1n) is 6.65. The van der Waals surface area contributed by atoms with Crippen LogP contribution in [0.4, 0.5) is 0 Å². The molecule has 0 amide bonds. The largest absolute Gasteiger partial charge is 0.481 e. The van der Waals surface area contributed by atoms with E-state index in [1.165, 1.54) is 0 Å². The van der Waals surface area contributed by atoms with Gasteiger partial charge in [-0.15, -0.1) is 11.6 Å². The fraction of sp³-hybridized carbons (Fsp3) is 0.357. The number of pyridine rings is 1. The van der Waals surface area contributed by atoms with Crippen molar-refractivity contribution in [3.63, 3.8) is 0 Å². The van der Waals surface area contributed by atoms with Gasteiger partial charge in [0.1, 0.15) is 17.2 Å².